The van der Waals surface area contributed by atoms with E-state index < -0.39 is 6.04 Å². The Kier molecular flexibility index (Phi) is 6.63. The van der Waals surface area contributed by atoms with Crippen molar-refractivity contribution in [1.29, 1.82) is 0 Å². The largest absolute Gasteiger partial charge is 0.497 e. The average molecular weight is 328 g/mol. The summed E-state index contributed by atoms with van der Waals surface area (Å²) in [6.45, 7) is 3.15. The zero-order chi connectivity index (χ0) is 17.4. The summed E-state index contributed by atoms with van der Waals surface area (Å²) in [4.78, 5) is 12.2. The van der Waals surface area contributed by atoms with E-state index in [-0.39, 0.29) is 5.91 Å². The van der Waals surface area contributed by atoms with Crippen LogP contribution in [0, 0.1) is 0 Å². The van der Waals surface area contributed by atoms with Crippen LogP contribution in [0.15, 0.2) is 48.5 Å². The normalized spacial score (nSPS) is 11.6. The Hall–Kier alpha value is -2.53. The number of nitrogens with two attached hydrogens (primary N) is 1. The number of rotatable bonds is 8. The van der Waals surface area contributed by atoms with E-state index in [2.05, 4.69) is 12.2 Å². The maximum absolute atomic E-state index is 12.2. The van der Waals surface area contributed by atoms with Crippen molar-refractivity contribution in [1.82, 2.24) is 5.32 Å². The quantitative estimate of drug-likeness (QED) is 0.781. The first-order chi connectivity index (χ1) is 11.6. The van der Waals surface area contributed by atoms with E-state index >= 15 is 0 Å². The molecule has 0 radical (unpaired) electrons. The molecule has 0 aliphatic rings. The average Bonchev–Trinajstić information content (AvgIpc) is 2.64. The smallest absolute Gasteiger partial charge is 0.241 e. The lowest BCUT2D eigenvalue weighted by molar-refractivity contribution is -0.122. The van der Waals surface area contributed by atoms with E-state index in [1.165, 1.54) is 0 Å². The summed E-state index contributed by atoms with van der Waals surface area (Å²) in [5.41, 5.74) is 7.77. The lowest BCUT2D eigenvalue weighted by atomic mass is 10.1. The number of hydrogen-bond acceptors (Lipinski definition) is 4. The van der Waals surface area contributed by atoms with Crippen molar-refractivity contribution in [3.63, 3.8) is 0 Å². The van der Waals surface area contributed by atoms with Crippen molar-refractivity contribution in [3.05, 3.63) is 59.7 Å². The molecule has 2 aromatic carbocycles. The highest BCUT2D eigenvalue weighted by Gasteiger charge is 2.15. The van der Waals surface area contributed by atoms with Gasteiger partial charge in [-0.3, -0.25) is 4.79 Å². The highest BCUT2D eigenvalue weighted by atomic mass is 16.5. The number of methoxy groups -OCH3 is 1. The van der Waals surface area contributed by atoms with E-state index in [4.69, 9.17) is 15.2 Å². The molecule has 1 amide bonds. The standard InChI is InChI=1S/C19H24N2O3/c1-3-12-24-17-10-6-15(7-11-17)18(20)19(22)21-13-14-4-8-16(23-2)9-5-14/h4-11,18H,3,12-13,20H2,1-2H3,(H,21,22). The lowest BCUT2D eigenvalue weighted by Crippen LogP contribution is -2.33. The number of nitrogens with one attached hydrogen (secondary N) is 1. The lowest BCUT2D eigenvalue weighted by Gasteiger charge is -2.13. The van der Waals surface area contributed by atoms with Crippen LogP contribution in [-0.2, 0) is 11.3 Å². The molecule has 0 aliphatic carbocycles. The molecule has 128 valence electrons. The van der Waals surface area contributed by atoms with Gasteiger partial charge in [-0.2, -0.15) is 0 Å². The van der Waals surface area contributed by atoms with Gasteiger partial charge in [0.15, 0.2) is 0 Å². The van der Waals surface area contributed by atoms with Crippen molar-refractivity contribution in [2.75, 3.05) is 13.7 Å². The van der Waals surface area contributed by atoms with Gasteiger partial charge in [0.25, 0.3) is 0 Å². The monoisotopic (exact) mass is 328 g/mol. The number of ether oxygens (including phenoxy) is 2. The molecule has 0 spiro atoms. The summed E-state index contributed by atoms with van der Waals surface area (Å²) < 4.78 is 10.6. The molecule has 0 bridgehead atoms. The first-order valence-electron chi connectivity index (χ1n) is 8.03. The predicted molar refractivity (Wildman–Crippen MR) is 94.0 cm³/mol. The van der Waals surface area contributed by atoms with Gasteiger partial charge in [0.1, 0.15) is 17.5 Å². The second kappa shape index (κ2) is 8.93. The maximum Gasteiger partial charge on any atom is 0.241 e. The molecule has 5 nitrogen and oxygen atoms in total. The van der Waals surface area contributed by atoms with Crippen molar-refractivity contribution in [2.45, 2.75) is 25.9 Å². The second-order valence-corrected chi connectivity index (χ2v) is 5.46. The van der Waals surface area contributed by atoms with E-state index in [1.54, 1.807) is 7.11 Å². The molecule has 3 N–H and O–H groups in total. The fourth-order valence-corrected chi connectivity index (χ4v) is 2.19. The van der Waals surface area contributed by atoms with E-state index in [9.17, 15) is 4.79 Å². The summed E-state index contributed by atoms with van der Waals surface area (Å²) in [5, 5.41) is 2.85. The molecule has 2 aromatic rings. The number of carbonyl (C=O) groups is 1. The summed E-state index contributed by atoms with van der Waals surface area (Å²) in [7, 11) is 1.62. The molecule has 0 saturated carbocycles. The van der Waals surface area contributed by atoms with Crippen molar-refractivity contribution < 1.29 is 14.3 Å². The summed E-state index contributed by atoms with van der Waals surface area (Å²) in [6.07, 6.45) is 0.953. The third-order valence-corrected chi connectivity index (χ3v) is 3.62. The molecular weight excluding hydrogens is 304 g/mol. The fraction of sp³-hybridized carbons (Fsp3) is 0.316. The molecule has 0 heterocycles. The molecule has 0 fully saturated rings. The highest BCUT2D eigenvalue weighted by Crippen LogP contribution is 2.17. The Labute approximate surface area is 142 Å². The minimum atomic E-state index is -0.705. The van der Waals surface area contributed by atoms with Crippen LogP contribution in [0.2, 0.25) is 0 Å². The summed E-state index contributed by atoms with van der Waals surface area (Å²) in [5.74, 6) is 1.35. The third kappa shape index (κ3) is 4.99. The third-order valence-electron chi connectivity index (χ3n) is 3.62. The minimum absolute atomic E-state index is 0.215. The molecule has 24 heavy (non-hydrogen) atoms. The maximum atomic E-state index is 12.2. The molecular formula is C19H24N2O3. The van der Waals surface area contributed by atoms with Crippen LogP contribution in [0.25, 0.3) is 0 Å². The minimum Gasteiger partial charge on any atom is -0.497 e. The van der Waals surface area contributed by atoms with Crippen LogP contribution >= 0.6 is 0 Å². The first-order valence-corrected chi connectivity index (χ1v) is 8.03. The van der Waals surface area contributed by atoms with Gasteiger partial charge in [-0.05, 0) is 41.8 Å². The second-order valence-electron chi connectivity index (χ2n) is 5.46. The fourth-order valence-electron chi connectivity index (χ4n) is 2.19. The van der Waals surface area contributed by atoms with Crippen LogP contribution in [0.5, 0.6) is 11.5 Å². The van der Waals surface area contributed by atoms with Crippen molar-refractivity contribution in [2.24, 2.45) is 5.73 Å². The van der Waals surface area contributed by atoms with Gasteiger partial charge in [-0.1, -0.05) is 31.2 Å². The van der Waals surface area contributed by atoms with Crippen LogP contribution in [0.4, 0.5) is 0 Å². The Morgan fingerprint density at radius 2 is 1.71 bits per heavy atom. The Bertz CT molecular complexity index is 639. The molecule has 0 saturated heterocycles. The van der Waals surface area contributed by atoms with E-state index in [0.29, 0.717) is 13.2 Å². The van der Waals surface area contributed by atoms with E-state index in [1.807, 2.05) is 48.5 Å². The Morgan fingerprint density at radius 3 is 2.29 bits per heavy atom. The molecule has 0 aliphatic heterocycles. The van der Waals surface area contributed by atoms with Gasteiger partial charge < -0.3 is 20.5 Å². The van der Waals surface area contributed by atoms with E-state index in [0.717, 1.165) is 29.0 Å². The van der Waals surface area contributed by atoms with Crippen molar-refractivity contribution >= 4 is 5.91 Å². The summed E-state index contributed by atoms with van der Waals surface area (Å²) >= 11 is 0. The van der Waals surface area contributed by atoms with Gasteiger partial charge in [0, 0.05) is 6.54 Å². The molecule has 0 aromatic heterocycles. The van der Waals surface area contributed by atoms with Crippen molar-refractivity contribution in [3.8, 4) is 11.5 Å². The van der Waals surface area contributed by atoms with Gasteiger partial charge in [0.05, 0.1) is 13.7 Å². The molecule has 2 rings (SSSR count). The predicted octanol–water partition coefficient (Wildman–Crippen LogP) is 2.80. The number of carbonyl (C=O) groups excluding carboxylic acids is 1. The van der Waals surface area contributed by atoms with Gasteiger partial charge in [0.2, 0.25) is 5.91 Å². The molecule has 1 atom stereocenters. The highest BCUT2D eigenvalue weighted by molar-refractivity contribution is 5.82. The number of hydrogen-bond donors (Lipinski definition) is 2. The Balaban J connectivity index is 1.88. The van der Waals surface area contributed by atoms with Gasteiger partial charge >= 0.3 is 0 Å². The number of amides is 1. The Morgan fingerprint density at radius 1 is 1.08 bits per heavy atom. The van der Waals surface area contributed by atoms with Crippen LogP contribution in [0.1, 0.15) is 30.5 Å². The topological polar surface area (TPSA) is 73.6 Å². The molecule has 1 unspecified atom stereocenters. The van der Waals surface area contributed by atoms with Crippen LogP contribution in [0.3, 0.4) is 0 Å². The van der Waals surface area contributed by atoms with Gasteiger partial charge in [-0.15, -0.1) is 0 Å². The zero-order valence-corrected chi connectivity index (χ0v) is 14.1. The summed E-state index contributed by atoms with van der Waals surface area (Å²) in [6, 6.07) is 14.1. The zero-order valence-electron chi connectivity index (χ0n) is 14.1. The molecule has 5 heteroatoms. The van der Waals surface area contributed by atoms with Crippen LogP contribution < -0.4 is 20.5 Å². The number of benzene rings is 2. The van der Waals surface area contributed by atoms with Crippen LogP contribution in [-0.4, -0.2) is 19.6 Å². The van der Waals surface area contributed by atoms with Gasteiger partial charge in [-0.25, -0.2) is 0 Å². The first kappa shape index (κ1) is 17.8. The SMILES string of the molecule is CCCOc1ccc(C(N)C(=O)NCc2ccc(OC)cc2)cc1.